The van der Waals surface area contributed by atoms with Gasteiger partial charge in [-0.05, 0) is 31.9 Å². The van der Waals surface area contributed by atoms with Crippen LogP contribution in [0.3, 0.4) is 0 Å². The Morgan fingerprint density at radius 2 is 2.42 bits per heavy atom. The van der Waals surface area contributed by atoms with E-state index in [0.29, 0.717) is 12.1 Å². The summed E-state index contributed by atoms with van der Waals surface area (Å²) in [6, 6.07) is 4.35. The third kappa shape index (κ3) is 2.73. The van der Waals surface area contributed by atoms with Crippen molar-refractivity contribution in [2.45, 2.75) is 31.9 Å². The molecule has 2 unspecified atom stereocenters. The molecule has 6 heteroatoms. The van der Waals surface area contributed by atoms with Crippen molar-refractivity contribution in [1.29, 1.82) is 0 Å². The van der Waals surface area contributed by atoms with Crippen LogP contribution < -0.4 is 5.32 Å². The Morgan fingerprint density at radius 3 is 3.21 bits per heavy atom. The molecule has 1 N–H and O–H groups in total. The zero-order valence-electron chi connectivity index (χ0n) is 10.9. The quantitative estimate of drug-likeness (QED) is 0.907. The summed E-state index contributed by atoms with van der Waals surface area (Å²) in [5.74, 6) is 0.777. The maximum atomic E-state index is 5.57. The van der Waals surface area contributed by atoms with Gasteiger partial charge >= 0.3 is 0 Å². The molecule has 100 valence electrons. The molecule has 1 aliphatic rings. The SMILES string of the molecule is CC1CC(Nc2cccnc2-n2cncn2)CCO1. The van der Waals surface area contributed by atoms with Crippen molar-refractivity contribution < 1.29 is 4.74 Å². The fourth-order valence-electron chi connectivity index (χ4n) is 2.36. The first-order valence-corrected chi connectivity index (χ1v) is 6.51. The van der Waals surface area contributed by atoms with Crippen molar-refractivity contribution in [3.8, 4) is 5.82 Å². The van der Waals surface area contributed by atoms with Gasteiger partial charge in [0.15, 0.2) is 5.82 Å². The van der Waals surface area contributed by atoms with Gasteiger partial charge < -0.3 is 10.1 Å². The van der Waals surface area contributed by atoms with Gasteiger partial charge in [0.05, 0.1) is 11.8 Å². The maximum absolute atomic E-state index is 5.57. The average molecular weight is 259 g/mol. The molecule has 2 atom stereocenters. The highest BCUT2D eigenvalue weighted by atomic mass is 16.5. The van der Waals surface area contributed by atoms with Crippen LogP contribution in [0.1, 0.15) is 19.8 Å². The van der Waals surface area contributed by atoms with Gasteiger partial charge in [0.1, 0.15) is 12.7 Å². The summed E-state index contributed by atoms with van der Waals surface area (Å²) >= 11 is 0. The summed E-state index contributed by atoms with van der Waals surface area (Å²) in [6.45, 7) is 2.91. The van der Waals surface area contributed by atoms with Crippen LogP contribution in [0.25, 0.3) is 5.82 Å². The van der Waals surface area contributed by atoms with E-state index in [1.807, 2.05) is 12.1 Å². The first-order chi connectivity index (χ1) is 9.33. The van der Waals surface area contributed by atoms with Crippen LogP contribution in [0.5, 0.6) is 0 Å². The number of hydrogen-bond donors (Lipinski definition) is 1. The van der Waals surface area contributed by atoms with Gasteiger partial charge in [-0.15, -0.1) is 0 Å². The van der Waals surface area contributed by atoms with E-state index in [9.17, 15) is 0 Å². The Hall–Kier alpha value is -1.95. The van der Waals surface area contributed by atoms with Crippen molar-refractivity contribution in [3.63, 3.8) is 0 Å². The predicted molar refractivity (Wildman–Crippen MR) is 71.2 cm³/mol. The molecule has 0 radical (unpaired) electrons. The number of pyridine rings is 1. The second kappa shape index (κ2) is 5.36. The molecule has 2 aromatic heterocycles. The third-order valence-electron chi connectivity index (χ3n) is 3.27. The molecule has 6 nitrogen and oxygen atoms in total. The first-order valence-electron chi connectivity index (χ1n) is 6.51. The number of nitrogens with one attached hydrogen (secondary N) is 1. The Balaban J connectivity index is 1.81. The van der Waals surface area contributed by atoms with Crippen molar-refractivity contribution in [2.24, 2.45) is 0 Å². The molecular formula is C13H17N5O. The van der Waals surface area contributed by atoms with E-state index in [0.717, 1.165) is 31.0 Å². The molecule has 0 amide bonds. The van der Waals surface area contributed by atoms with E-state index >= 15 is 0 Å². The minimum Gasteiger partial charge on any atom is -0.379 e. The lowest BCUT2D eigenvalue weighted by Crippen LogP contribution is -2.32. The standard InChI is InChI=1S/C13H17N5O/c1-10-7-11(4-6-19-10)17-12-3-2-5-15-13(12)18-9-14-8-16-18/h2-3,5,8-11,17H,4,6-7H2,1H3. The van der Waals surface area contributed by atoms with Gasteiger partial charge in [0.2, 0.25) is 0 Å². The summed E-state index contributed by atoms with van der Waals surface area (Å²) in [6.07, 6.45) is 7.24. The number of rotatable bonds is 3. The number of aromatic nitrogens is 4. The maximum Gasteiger partial charge on any atom is 0.178 e. The third-order valence-corrected chi connectivity index (χ3v) is 3.27. The molecule has 1 fully saturated rings. The zero-order chi connectivity index (χ0) is 13.1. The van der Waals surface area contributed by atoms with Crippen LogP contribution in [0.15, 0.2) is 31.0 Å². The second-order valence-electron chi connectivity index (χ2n) is 4.76. The van der Waals surface area contributed by atoms with Gasteiger partial charge in [0, 0.05) is 18.8 Å². The van der Waals surface area contributed by atoms with Crippen LogP contribution in [-0.4, -0.2) is 38.5 Å². The van der Waals surface area contributed by atoms with E-state index in [4.69, 9.17) is 4.74 Å². The lowest BCUT2D eigenvalue weighted by molar-refractivity contribution is 0.0232. The zero-order valence-corrected chi connectivity index (χ0v) is 10.9. The molecule has 0 bridgehead atoms. The molecule has 3 rings (SSSR count). The van der Waals surface area contributed by atoms with Gasteiger partial charge in [-0.1, -0.05) is 0 Å². The summed E-state index contributed by atoms with van der Waals surface area (Å²) in [4.78, 5) is 8.34. The highest BCUT2D eigenvalue weighted by Crippen LogP contribution is 2.22. The fraction of sp³-hybridized carbons (Fsp3) is 0.462. The lowest BCUT2D eigenvalue weighted by atomic mass is 10.0. The molecule has 0 aliphatic carbocycles. The molecular weight excluding hydrogens is 242 g/mol. The van der Waals surface area contributed by atoms with E-state index in [1.165, 1.54) is 6.33 Å². The minimum atomic E-state index is 0.303. The molecule has 1 saturated heterocycles. The van der Waals surface area contributed by atoms with Crippen LogP contribution in [0, 0.1) is 0 Å². The Bertz CT molecular complexity index is 528. The second-order valence-corrected chi connectivity index (χ2v) is 4.76. The Kier molecular flexibility index (Phi) is 3.41. The van der Waals surface area contributed by atoms with Gasteiger partial charge in [0.25, 0.3) is 0 Å². The number of ether oxygens (including phenoxy) is 1. The van der Waals surface area contributed by atoms with Crippen molar-refractivity contribution >= 4 is 5.69 Å². The van der Waals surface area contributed by atoms with Crippen LogP contribution in [0.2, 0.25) is 0 Å². The number of nitrogens with zero attached hydrogens (tertiary/aromatic N) is 4. The summed E-state index contributed by atoms with van der Waals surface area (Å²) in [5, 5.41) is 7.67. The lowest BCUT2D eigenvalue weighted by Gasteiger charge is -2.29. The normalized spacial score (nSPS) is 23.2. The molecule has 0 aromatic carbocycles. The average Bonchev–Trinajstić information content (AvgIpc) is 2.93. The van der Waals surface area contributed by atoms with Crippen LogP contribution >= 0.6 is 0 Å². The molecule has 2 aromatic rings. The van der Waals surface area contributed by atoms with E-state index in [1.54, 1.807) is 17.2 Å². The topological polar surface area (TPSA) is 64.9 Å². The summed E-state index contributed by atoms with van der Waals surface area (Å²) in [7, 11) is 0. The largest absolute Gasteiger partial charge is 0.379 e. The molecule has 3 heterocycles. The van der Waals surface area contributed by atoms with E-state index in [2.05, 4.69) is 27.3 Å². The number of anilines is 1. The highest BCUT2D eigenvalue weighted by Gasteiger charge is 2.20. The molecule has 0 saturated carbocycles. The molecule has 1 aliphatic heterocycles. The van der Waals surface area contributed by atoms with Crippen LogP contribution in [0.4, 0.5) is 5.69 Å². The molecule has 0 spiro atoms. The van der Waals surface area contributed by atoms with Crippen LogP contribution in [-0.2, 0) is 4.74 Å². The summed E-state index contributed by atoms with van der Waals surface area (Å²) in [5.41, 5.74) is 0.979. The smallest absolute Gasteiger partial charge is 0.178 e. The monoisotopic (exact) mass is 259 g/mol. The fourth-order valence-corrected chi connectivity index (χ4v) is 2.36. The Labute approximate surface area is 111 Å². The van der Waals surface area contributed by atoms with Gasteiger partial charge in [-0.25, -0.2) is 14.6 Å². The Morgan fingerprint density at radius 1 is 1.47 bits per heavy atom. The van der Waals surface area contributed by atoms with Crippen molar-refractivity contribution in [2.75, 3.05) is 11.9 Å². The van der Waals surface area contributed by atoms with E-state index < -0.39 is 0 Å². The number of hydrogen-bond acceptors (Lipinski definition) is 5. The highest BCUT2D eigenvalue weighted by molar-refractivity contribution is 5.56. The van der Waals surface area contributed by atoms with Crippen molar-refractivity contribution in [3.05, 3.63) is 31.0 Å². The molecule has 19 heavy (non-hydrogen) atoms. The first kappa shape index (κ1) is 12.1. The predicted octanol–water partition coefficient (Wildman–Crippen LogP) is 1.64. The van der Waals surface area contributed by atoms with Crippen molar-refractivity contribution in [1.82, 2.24) is 19.7 Å². The van der Waals surface area contributed by atoms with E-state index in [-0.39, 0.29) is 0 Å². The van der Waals surface area contributed by atoms with Gasteiger partial charge in [-0.2, -0.15) is 5.10 Å². The van der Waals surface area contributed by atoms with Gasteiger partial charge in [-0.3, -0.25) is 0 Å². The minimum absolute atomic E-state index is 0.303. The summed E-state index contributed by atoms with van der Waals surface area (Å²) < 4.78 is 7.24.